The fraction of sp³-hybridized carbons (Fsp3) is 0.615. The van der Waals surface area contributed by atoms with Crippen molar-refractivity contribution in [3.8, 4) is 5.88 Å². The van der Waals surface area contributed by atoms with Gasteiger partial charge in [-0.3, -0.25) is 0 Å². The molecule has 0 bridgehead atoms. The molecule has 1 saturated heterocycles. The van der Waals surface area contributed by atoms with Crippen molar-refractivity contribution >= 4 is 5.69 Å². The van der Waals surface area contributed by atoms with Gasteiger partial charge in [-0.2, -0.15) is 0 Å². The van der Waals surface area contributed by atoms with Crippen LogP contribution in [0, 0.1) is 11.8 Å². The highest BCUT2D eigenvalue weighted by Crippen LogP contribution is 2.27. The third kappa shape index (κ3) is 2.69. The first-order valence-corrected chi connectivity index (χ1v) is 6.19. The maximum Gasteiger partial charge on any atom is 0.214 e. The van der Waals surface area contributed by atoms with E-state index in [-0.39, 0.29) is 0 Å². The van der Waals surface area contributed by atoms with Crippen molar-refractivity contribution in [2.24, 2.45) is 17.6 Å². The molecule has 4 heteroatoms. The monoisotopic (exact) mass is 235 g/mol. The summed E-state index contributed by atoms with van der Waals surface area (Å²) in [5.41, 5.74) is 7.01. The molecule has 1 aromatic heterocycles. The predicted molar refractivity (Wildman–Crippen MR) is 69.3 cm³/mol. The van der Waals surface area contributed by atoms with Crippen LogP contribution in [0.25, 0.3) is 0 Å². The number of methoxy groups -OCH3 is 1. The van der Waals surface area contributed by atoms with Crippen LogP contribution in [0.3, 0.4) is 0 Å². The first-order chi connectivity index (χ1) is 8.24. The van der Waals surface area contributed by atoms with Gasteiger partial charge in [0.05, 0.1) is 7.11 Å². The van der Waals surface area contributed by atoms with E-state index in [1.165, 1.54) is 12.1 Å². The maximum absolute atomic E-state index is 5.83. The summed E-state index contributed by atoms with van der Waals surface area (Å²) in [5, 5.41) is 0. The van der Waals surface area contributed by atoms with Gasteiger partial charge in [0.1, 0.15) is 0 Å². The van der Waals surface area contributed by atoms with Gasteiger partial charge in [0, 0.05) is 31.0 Å². The highest BCUT2D eigenvalue weighted by Gasteiger charge is 2.25. The molecule has 17 heavy (non-hydrogen) atoms. The van der Waals surface area contributed by atoms with Crippen molar-refractivity contribution in [1.29, 1.82) is 0 Å². The SMILES string of the molecule is COc1cc(N2CCC(C)C(CN)C2)ccn1. The molecule has 0 saturated carbocycles. The average molecular weight is 235 g/mol. The van der Waals surface area contributed by atoms with Gasteiger partial charge < -0.3 is 15.4 Å². The number of piperidine rings is 1. The average Bonchev–Trinajstić information content (AvgIpc) is 2.39. The van der Waals surface area contributed by atoms with Crippen LogP contribution in [0.5, 0.6) is 5.88 Å². The summed E-state index contributed by atoms with van der Waals surface area (Å²) in [5.74, 6) is 1.98. The van der Waals surface area contributed by atoms with Gasteiger partial charge in [0.15, 0.2) is 0 Å². The third-order valence-corrected chi connectivity index (χ3v) is 3.71. The largest absolute Gasteiger partial charge is 0.481 e. The van der Waals surface area contributed by atoms with Gasteiger partial charge in [-0.25, -0.2) is 4.98 Å². The molecule has 2 N–H and O–H groups in total. The fourth-order valence-corrected chi connectivity index (χ4v) is 2.40. The van der Waals surface area contributed by atoms with E-state index in [2.05, 4.69) is 16.8 Å². The van der Waals surface area contributed by atoms with Crippen molar-refractivity contribution in [2.75, 3.05) is 31.6 Å². The predicted octanol–water partition coefficient (Wildman–Crippen LogP) is 1.51. The van der Waals surface area contributed by atoms with Crippen molar-refractivity contribution in [2.45, 2.75) is 13.3 Å². The van der Waals surface area contributed by atoms with Crippen LogP contribution in [0.4, 0.5) is 5.69 Å². The molecule has 2 heterocycles. The minimum absolute atomic E-state index is 0.586. The second kappa shape index (κ2) is 5.36. The van der Waals surface area contributed by atoms with E-state index in [9.17, 15) is 0 Å². The minimum atomic E-state index is 0.586. The van der Waals surface area contributed by atoms with Crippen LogP contribution in [0.1, 0.15) is 13.3 Å². The third-order valence-electron chi connectivity index (χ3n) is 3.71. The summed E-state index contributed by atoms with van der Waals surface area (Å²) >= 11 is 0. The minimum Gasteiger partial charge on any atom is -0.481 e. The number of aromatic nitrogens is 1. The Hall–Kier alpha value is -1.29. The summed E-state index contributed by atoms with van der Waals surface area (Å²) in [6.45, 7) is 5.18. The quantitative estimate of drug-likeness (QED) is 0.863. The van der Waals surface area contributed by atoms with Gasteiger partial charge in [-0.1, -0.05) is 6.92 Å². The Balaban J connectivity index is 2.11. The Bertz CT molecular complexity index is 369. The number of nitrogens with two attached hydrogens (primary N) is 1. The van der Waals surface area contributed by atoms with Crippen LogP contribution < -0.4 is 15.4 Å². The first kappa shape index (κ1) is 12.2. The zero-order valence-corrected chi connectivity index (χ0v) is 10.6. The second-order valence-corrected chi connectivity index (χ2v) is 4.76. The fourth-order valence-electron chi connectivity index (χ4n) is 2.40. The Morgan fingerprint density at radius 3 is 3.12 bits per heavy atom. The van der Waals surface area contributed by atoms with E-state index >= 15 is 0 Å². The van der Waals surface area contributed by atoms with Crippen molar-refractivity contribution in [3.63, 3.8) is 0 Å². The Labute approximate surface area is 103 Å². The molecule has 1 aliphatic heterocycles. The molecule has 1 aliphatic rings. The van der Waals surface area contributed by atoms with Gasteiger partial charge in [-0.05, 0) is 30.9 Å². The van der Waals surface area contributed by atoms with Crippen molar-refractivity contribution in [1.82, 2.24) is 4.98 Å². The Morgan fingerprint density at radius 2 is 2.41 bits per heavy atom. The summed E-state index contributed by atoms with van der Waals surface area (Å²) < 4.78 is 5.16. The Kier molecular flexibility index (Phi) is 3.84. The molecule has 2 unspecified atom stereocenters. The maximum atomic E-state index is 5.83. The van der Waals surface area contributed by atoms with Crippen LogP contribution in [-0.4, -0.2) is 31.7 Å². The first-order valence-electron chi connectivity index (χ1n) is 6.19. The van der Waals surface area contributed by atoms with E-state index in [0.717, 1.165) is 25.6 Å². The molecule has 0 aliphatic carbocycles. The molecule has 1 fully saturated rings. The van der Waals surface area contributed by atoms with Gasteiger partial charge in [0.2, 0.25) is 5.88 Å². The van der Waals surface area contributed by atoms with Crippen LogP contribution in [0.2, 0.25) is 0 Å². The lowest BCUT2D eigenvalue weighted by Crippen LogP contribution is -2.42. The normalized spacial score (nSPS) is 24.8. The summed E-state index contributed by atoms with van der Waals surface area (Å²) in [6.07, 6.45) is 3.00. The van der Waals surface area contributed by atoms with Crippen molar-refractivity contribution < 1.29 is 4.74 Å². The molecule has 2 atom stereocenters. The van der Waals surface area contributed by atoms with E-state index in [1.54, 1.807) is 13.3 Å². The molecule has 4 nitrogen and oxygen atoms in total. The number of hydrogen-bond donors (Lipinski definition) is 1. The van der Waals surface area contributed by atoms with Gasteiger partial charge >= 0.3 is 0 Å². The molecular formula is C13H21N3O. The smallest absolute Gasteiger partial charge is 0.214 e. The number of hydrogen-bond acceptors (Lipinski definition) is 4. The lowest BCUT2D eigenvalue weighted by atomic mass is 9.87. The molecular weight excluding hydrogens is 214 g/mol. The lowest BCUT2D eigenvalue weighted by molar-refractivity contribution is 0.307. The standard InChI is InChI=1S/C13H21N3O/c1-10-4-6-16(9-11(10)8-14)12-3-5-15-13(7-12)17-2/h3,5,7,10-11H,4,6,8-9,14H2,1-2H3. The number of rotatable bonds is 3. The van der Waals surface area contributed by atoms with E-state index in [0.29, 0.717) is 11.8 Å². The topological polar surface area (TPSA) is 51.4 Å². The van der Waals surface area contributed by atoms with E-state index < -0.39 is 0 Å². The highest BCUT2D eigenvalue weighted by atomic mass is 16.5. The number of pyridine rings is 1. The van der Waals surface area contributed by atoms with Crippen LogP contribution in [0.15, 0.2) is 18.3 Å². The van der Waals surface area contributed by atoms with Crippen molar-refractivity contribution in [3.05, 3.63) is 18.3 Å². The molecule has 94 valence electrons. The van der Waals surface area contributed by atoms with Gasteiger partial charge in [0.25, 0.3) is 0 Å². The summed E-state index contributed by atoms with van der Waals surface area (Å²) in [4.78, 5) is 6.51. The zero-order chi connectivity index (χ0) is 12.3. The highest BCUT2D eigenvalue weighted by molar-refractivity contribution is 5.48. The Morgan fingerprint density at radius 1 is 1.59 bits per heavy atom. The number of ether oxygens (including phenoxy) is 1. The molecule has 0 aromatic carbocycles. The molecule has 1 aromatic rings. The molecule has 0 amide bonds. The number of nitrogens with zero attached hydrogens (tertiary/aromatic N) is 2. The summed E-state index contributed by atoms with van der Waals surface area (Å²) in [6, 6.07) is 4.02. The molecule has 0 spiro atoms. The second-order valence-electron chi connectivity index (χ2n) is 4.76. The number of anilines is 1. The van der Waals surface area contributed by atoms with Crippen LogP contribution in [-0.2, 0) is 0 Å². The van der Waals surface area contributed by atoms with E-state index in [1.807, 2.05) is 12.1 Å². The zero-order valence-electron chi connectivity index (χ0n) is 10.6. The molecule has 2 rings (SSSR count). The van der Waals surface area contributed by atoms with E-state index in [4.69, 9.17) is 10.5 Å². The van der Waals surface area contributed by atoms with Crippen LogP contribution >= 0.6 is 0 Å². The lowest BCUT2D eigenvalue weighted by Gasteiger charge is -2.38. The summed E-state index contributed by atoms with van der Waals surface area (Å²) in [7, 11) is 1.65. The molecule has 0 radical (unpaired) electrons. The van der Waals surface area contributed by atoms with Gasteiger partial charge in [-0.15, -0.1) is 0 Å².